The summed E-state index contributed by atoms with van der Waals surface area (Å²) < 4.78 is 3.73. The van der Waals surface area contributed by atoms with Gasteiger partial charge in [-0.3, -0.25) is 0 Å². The number of nitrogens with zero attached hydrogens (tertiary/aromatic N) is 5. The van der Waals surface area contributed by atoms with Crippen LogP contribution < -0.4 is 0 Å². The maximum absolute atomic E-state index is 5.99. The molecule has 1 aromatic carbocycles. The molecule has 120 valence electrons. The number of rotatable bonds is 2. The highest BCUT2D eigenvalue weighted by Gasteiger charge is 2.15. The van der Waals surface area contributed by atoms with Gasteiger partial charge in [-0.25, -0.2) is 9.67 Å². The second kappa shape index (κ2) is 5.46. The van der Waals surface area contributed by atoms with Gasteiger partial charge in [0.05, 0.1) is 11.9 Å². The molecule has 0 bridgehead atoms. The van der Waals surface area contributed by atoms with Crippen LogP contribution in [-0.4, -0.2) is 24.4 Å². The van der Waals surface area contributed by atoms with Gasteiger partial charge in [0, 0.05) is 28.0 Å². The Morgan fingerprint density at radius 3 is 2.38 bits per heavy atom. The van der Waals surface area contributed by atoms with E-state index in [1.54, 1.807) is 0 Å². The van der Waals surface area contributed by atoms with Crippen molar-refractivity contribution < 1.29 is 0 Å². The van der Waals surface area contributed by atoms with Crippen molar-refractivity contribution in [2.24, 2.45) is 0 Å². The van der Waals surface area contributed by atoms with Crippen molar-refractivity contribution in [3.8, 4) is 16.9 Å². The summed E-state index contributed by atoms with van der Waals surface area (Å²) in [7, 11) is 0. The molecule has 0 radical (unpaired) electrons. The van der Waals surface area contributed by atoms with Crippen molar-refractivity contribution in [3.05, 3.63) is 64.7 Å². The maximum Gasteiger partial charge on any atom is 0.165 e. The van der Waals surface area contributed by atoms with Crippen LogP contribution in [0, 0.1) is 20.8 Å². The van der Waals surface area contributed by atoms with Crippen molar-refractivity contribution in [2.45, 2.75) is 20.8 Å². The highest BCUT2D eigenvalue weighted by atomic mass is 35.5. The molecule has 0 atom stereocenters. The minimum absolute atomic E-state index is 0.711. The first-order valence-electron chi connectivity index (χ1n) is 7.68. The third kappa shape index (κ3) is 2.37. The molecule has 24 heavy (non-hydrogen) atoms. The van der Waals surface area contributed by atoms with Crippen LogP contribution in [0.3, 0.4) is 0 Å². The monoisotopic (exact) mass is 337 g/mol. The number of hydrogen-bond donors (Lipinski definition) is 0. The molecule has 3 heterocycles. The van der Waals surface area contributed by atoms with Gasteiger partial charge in [0.1, 0.15) is 0 Å². The lowest BCUT2D eigenvalue weighted by atomic mass is 10.1. The Bertz CT molecular complexity index is 1040. The van der Waals surface area contributed by atoms with Gasteiger partial charge >= 0.3 is 0 Å². The first kappa shape index (κ1) is 14.9. The van der Waals surface area contributed by atoms with Gasteiger partial charge in [-0.05, 0) is 44.5 Å². The Morgan fingerprint density at radius 2 is 1.71 bits per heavy atom. The molecule has 0 fully saturated rings. The largest absolute Gasteiger partial charge is 0.233 e. The quantitative estimate of drug-likeness (QED) is 0.552. The molecule has 0 aliphatic heterocycles. The van der Waals surface area contributed by atoms with E-state index in [4.69, 9.17) is 11.6 Å². The maximum atomic E-state index is 5.99. The van der Waals surface area contributed by atoms with Crippen LogP contribution in [0.5, 0.6) is 0 Å². The number of aryl methyl sites for hydroxylation is 3. The molecule has 4 rings (SSSR count). The number of benzene rings is 1. The minimum atomic E-state index is 0.711. The fourth-order valence-corrected chi connectivity index (χ4v) is 3.04. The lowest BCUT2D eigenvalue weighted by Crippen LogP contribution is -2.08. The Balaban J connectivity index is 1.98. The van der Waals surface area contributed by atoms with Crippen molar-refractivity contribution in [3.63, 3.8) is 0 Å². The Morgan fingerprint density at radius 1 is 0.958 bits per heavy atom. The molecule has 0 spiro atoms. The summed E-state index contributed by atoms with van der Waals surface area (Å²) in [6.07, 6.45) is 1.83. The number of fused-ring (bicyclic) bond motifs is 1. The minimum Gasteiger partial charge on any atom is -0.233 e. The second-order valence-corrected chi connectivity index (χ2v) is 6.33. The van der Waals surface area contributed by atoms with Gasteiger partial charge in [-0.2, -0.15) is 14.7 Å². The average molecular weight is 338 g/mol. The van der Waals surface area contributed by atoms with Crippen LogP contribution in [0.4, 0.5) is 0 Å². The van der Waals surface area contributed by atoms with Crippen molar-refractivity contribution in [2.75, 3.05) is 0 Å². The normalized spacial score (nSPS) is 11.3. The van der Waals surface area contributed by atoms with Crippen LogP contribution in [0.2, 0.25) is 5.02 Å². The van der Waals surface area contributed by atoms with Crippen LogP contribution in [0.25, 0.3) is 22.6 Å². The third-order valence-corrected chi connectivity index (χ3v) is 4.21. The zero-order chi connectivity index (χ0) is 16.8. The van der Waals surface area contributed by atoms with Crippen LogP contribution in [-0.2, 0) is 0 Å². The molecule has 0 N–H and O–H groups in total. The zero-order valence-corrected chi connectivity index (χ0v) is 14.4. The smallest absolute Gasteiger partial charge is 0.165 e. The average Bonchev–Trinajstić information content (AvgIpc) is 3.10. The second-order valence-electron chi connectivity index (χ2n) is 5.90. The molecule has 5 nitrogen and oxygen atoms in total. The van der Waals surface area contributed by atoms with E-state index in [2.05, 4.69) is 15.2 Å². The lowest BCUT2D eigenvalue weighted by Gasteiger charge is -2.08. The van der Waals surface area contributed by atoms with Crippen LogP contribution >= 0.6 is 11.6 Å². The van der Waals surface area contributed by atoms with Gasteiger partial charge in [-0.15, -0.1) is 0 Å². The summed E-state index contributed by atoms with van der Waals surface area (Å²) in [6.45, 7) is 6.00. The zero-order valence-electron chi connectivity index (χ0n) is 13.7. The summed E-state index contributed by atoms with van der Waals surface area (Å²) in [5.41, 5.74) is 5.76. The van der Waals surface area contributed by atoms with Gasteiger partial charge in [0.2, 0.25) is 0 Å². The SMILES string of the molecule is Cc1cc(-n2nc(C)cc2C)n2ncc(-c3ccc(Cl)cc3)c2n1. The van der Waals surface area contributed by atoms with E-state index >= 15 is 0 Å². The molecule has 0 amide bonds. The number of halogens is 1. The Labute approximate surface area is 144 Å². The molecule has 3 aromatic heterocycles. The number of hydrogen-bond acceptors (Lipinski definition) is 3. The Kier molecular flexibility index (Phi) is 3.39. The molecular formula is C18H16ClN5. The van der Waals surface area contributed by atoms with E-state index in [1.807, 2.05) is 72.6 Å². The molecule has 0 saturated carbocycles. The summed E-state index contributed by atoms with van der Waals surface area (Å²) >= 11 is 5.99. The van der Waals surface area contributed by atoms with E-state index in [0.29, 0.717) is 5.02 Å². The molecule has 0 aliphatic rings. The summed E-state index contributed by atoms with van der Waals surface area (Å²) in [5, 5.41) is 9.83. The highest BCUT2D eigenvalue weighted by molar-refractivity contribution is 6.30. The first-order valence-corrected chi connectivity index (χ1v) is 8.06. The van der Waals surface area contributed by atoms with E-state index < -0.39 is 0 Å². The van der Waals surface area contributed by atoms with Gasteiger partial charge in [0.15, 0.2) is 11.5 Å². The van der Waals surface area contributed by atoms with E-state index in [1.165, 1.54) is 0 Å². The molecule has 0 saturated heterocycles. The third-order valence-electron chi connectivity index (χ3n) is 3.96. The van der Waals surface area contributed by atoms with Crippen molar-refractivity contribution in [1.82, 2.24) is 24.4 Å². The molecule has 0 unspecified atom stereocenters. The van der Waals surface area contributed by atoms with Crippen LogP contribution in [0.15, 0.2) is 42.6 Å². The Hall–Kier alpha value is -2.66. The summed E-state index contributed by atoms with van der Waals surface area (Å²) in [5.74, 6) is 0.878. The van der Waals surface area contributed by atoms with Gasteiger partial charge in [-0.1, -0.05) is 23.7 Å². The van der Waals surface area contributed by atoms with E-state index in [-0.39, 0.29) is 0 Å². The topological polar surface area (TPSA) is 48.0 Å². The van der Waals surface area contributed by atoms with Gasteiger partial charge < -0.3 is 0 Å². The van der Waals surface area contributed by atoms with E-state index in [0.717, 1.165) is 39.7 Å². The van der Waals surface area contributed by atoms with Crippen molar-refractivity contribution >= 4 is 17.2 Å². The predicted octanol–water partition coefficient (Wildman–Crippen LogP) is 4.16. The molecule has 6 heteroatoms. The molecule has 4 aromatic rings. The lowest BCUT2D eigenvalue weighted by molar-refractivity contribution is 0.753. The fraction of sp³-hybridized carbons (Fsp3) is 0.167. The summed E-state index contributed by atoms with van der Waals surface area (Å²) in [4.78, 5) is 4.68. The number of aromatic nitrogens is 5. The predicted molar refractivity (Wildman–Crippen MR) is 94.8 cm³/mol. The molecule has 0 aliphatic carbocycles. The summed E-state index contributed by atoms with van der Waals surface area (Å²) in [6, 6.07) is 11.7. The van der Waals surface area contributed by atoms with Crippen LogP contribution in [0.1, 0.15) is 17.1 Å². The standard InChI is InChI=1S/C18H16ClN5/c1-11-9-17(23-13(3)8-12(2)22-23)24-18(21-11)16(10-20-24)14-4-6-15(19)7-5-14/h4-10H,1-3H3. The van der Waals surface area contributed by atoms with Crippen molar-refractivity contribution in [1.29, 1.82) is 0 Å². The highest BCUT2D eigenvalue weighted by Crippen LogP contribution is 2.26. The first-order chi connectivity index (χ1) is 11.5. The molecular weight excluding hydrogens is 322 g/mol. The van der Waals surface area contributed by atoms with Gasteiger partial charge in [0.25, 0.3) is 0 Å². The fourth-order valence-electron chi connectivity index (χ4n) is 2.91. The van der Waals surface area contributed by atoms with E-state index in [9.17, 15) is 0 Å².